The van der Waals surface area contributed by atoms with Crippen LogP contribution < -0.4 is 5.32 Å². The van der Waals surface area contributed by atoms with E-state index < -0.39 is 17.7 Å². The molecule has 2 rings (SSSR count). The molecule has 1 fully saturated rings. The highest BCUT2D eigenvalue weighted by Gasteiger charge is 2.35. The summed E-state index contributed by atoms with van der Waals surface area (Å²) in [6.45, 7) is 0. The summed E-state index contributed by atoms with van der Waals surface area (Å²) in [7, 11) is 0. The molecule has 0 saturated carbocycles. The Bertz CT molecular complexity index is 462. The second kappa shape index (κ2) is 4.15. The van der Waals surface area contributed by atoms with E-state index >= 15 is 0 Å². The predicted molar refractivity (Wildman–Crippen MR) is 56.1 cm³/mol. The molecule has 1 aromatic rings. The first kappa shape index (κ1) is 10.4. The summed E-state index contributed by atoms with van der Waals surface area (Å²) >= 11 is 0. The molecule has 0 bridgehead atoms. The van der Waals surface area contributed by atoms with Crippen LogP contribution in [0.25, 0.3) is 0 Å². The number of hydrogen-bond donors (Lipinski definition) is 1. The van der Waals surface area contributed by atoms with E-state index in [2.05, 4.69) is 5.32 Å². The lowest BCUT2D eigenvalue weighted by atomic mass is 9.85. The fraction of sp³-hybridized carbons (Fsp3) is 0.250. The molecule has 0 aromatic heterocycles. The molecular weight excluding hydrogens is 204 g/mol. The van der Waals surface area contributed by atoms with Gasteiger partial charge in [0.05, 0.1) is 12.0 Å². The molecule has 80 valence electrons. The number of amides is 2. The van der Waals surface area contributed by atoms with Gasteiger partial charge >= 0.3 is 0 Å². The summed E-state index contributed by atoms with van der Waals surface area (Å²) in [6.07, 6.45) is 0.269. The fourth-order valence-electron chi connectivity index (χ4n) is 1.83. The van der Waals surface area contributed by atoms with E-state index in [1.54, 1.807) is 0 Å². The van der Waals surface area contributed by atoms with Gasteiger partial charge in [0.1, 0.15) is 5.92 Å². The van der Waals surface area contributed by atoms with Crippen molar-refractivity contribution in [3.63, 3.8) is 0 Å². The van der Waals surface area contributed by atoms with Crippen molar-refractivity contribution in [2.75, 3.05) is 0 Å². The molecule has 4 heteroatoms. The normalized spacial score (nSPS) is 24.7. The molecule has 1 N–H and O–H groups in total. The van der Waals surface area contributed by atoms with E-state index in [1.165, 1.54) is 0 Å². The largest absolute Gasteiger partial charge is 0.295 e. The van der Waals surface area contributed by atoms with Crippen LogP contribution in [0.15, 0.2) is 30.3 Å². The van der Waals surface area contributed by atoms with Crippen LogP contribution in [0.1, 0.15) is 17.9 Å². The van der Waals surface area contributed by atoms with Crippen LogP contribution in [0.3, 0.4) is 0 Å². The van der Waals surface area contributed by atoms with Crippen molar-refractivity contribution in [3.05, 3.63) is 35.9 Å². The predicted octanol–water partition coefficient (Wildman–Crippen LogP) is 0.956. The van der Waals surface area contributed by atoms with Crippen molar-refractivity contribution in [1.29, 1.82) is 5.26 Å². The average Bonchev–Trinajstić information content (AvgIpc) is 2.30. The molecule has 0 radical (unpaired) electrons. The number of rotatable bonds is 1. The van der Waals surface area contributed by atoms with Crippen molar-refractivity contribution < 1.29 is 9.59 Å². The Kier molecular flexibility index (Phi) is 2.69. The number of carbonyl (C=O) groups is 2. The maximum absolute atomic E-state index is 11.6. The Morgan fingerprint density at radius 3 is 2.50 bits per heavy atom. The zero-order chi connectivity index (χ0) is 11.5. The summed E-state index contributed by atoms with van der Waals surface area (Å²) in [6, 6.07) is 11.1. The van der Waals surface area contributed by atoms with Crippen LogP contribution in [0.2, 0.25) is 0 Å². The first-order valence-corrected chi connectivity index (χ1v) is 5.01. The smallest absolute Gasteiger partial charge is 0.243 e. The second-order valence-corrected chi connectivity index (χ2v) is 3.73. The van der Waals surface area contributed by atoms with Crippen molar-refractivity contribution in [1.82, 2.24) is 5.32 Å². The van der Waals surface area contributed by atoms with Crippen LogP contribution in [0.4, 0.5) is 0 Å². The van der Waals surface area contributed by atoms with Gasteiger partial charge in [-0.2, -0.15) is 5.26 Å². The number of imide groups is 1. The maximum Gasteiger partial charge on any atom is 0.243 e. The van der Waals surface area contributed by atoms with Crippen LogP contribution in [0.5, 0.6) is 0 Å². The maximum atomic E-state index is 11.6. The minimum atomic E-state index is -0.733. The SMILES string of the molecule is N#CC1CC(c2ccccc2)C(=O)NC1=O. The second-order valence-electron chi connectivity index (χ2n) is 3.73. The standard InChI is InChI=1S/C12H10N2O2/c13-7-9-6-10(12(16)14-11(9)15)8-4-2-1-3-5-8/h1-5,9-10H,6H2,(H,14,15,16). The molecule has 1 aromatic carbocycles. The number of hydrogen-bond acceptors (Lipinski definition) is 3. The highest BCUT2D eigenvalue weighted by molar-refractivity contribution is 6.02. The van der Waals surface area contributed by atoms with Gasteiger partial charge in [-0.1, -0.05) is 30.3 Å². The van der Waals surface area contributed by atoms with E-state index in [1.807, 2.05) is 36.4 Å². The minimum absolute atomic E-state index is 0.269. The lowest BCUT2D eigenvalue weighted by Crippen LogP contribution is -2.44. The summed E-state index contributed by atoms with van der Waals surface area (Å²) in [5.74, 6) is -1.94. The third kappa shape index (κ3) is 1.80. The van der Waals surface area contributed by atoms with Gasteiger partial charge in [-0.3, -0.25) is 14.9 Å². The molecule has 1 aliphatic heterocycles. The van der Waals surface area contributed by atoms with Gasteiger partial charge in [0.15, 0.2) is 0 Å². The Morgan fingerprint density at radius 1 is 1.19 bits per heavy atom. The molecule has 4 nitrogen and oxygen atoms in total. The Labute approximate surface area is 92.9 Å². The number of benzene rings is 1. The number of nitriles is 1. The first-order valence-electron chi connectivity index (χ1n) is 5.01. The van der Waals surface area contributed by atoms with Gasteiger partial charge < -0.3 is 0 Å². The van der Waals surface area contributed by atoms with Gasteiger partial charge in [-0.25, -0.2) is 0 Å². The summed E-state index contributed by atoms with van der Waals surface area (Å²) in [4.78, 5) is 22.9. The molecule has 1 aliphatic rings. The molecule has 1 saturated heterocycles. The van der Waals surface area contributed by atoms with Crippen LogP contribution in [-0.2, 0) is 9.59 Å². The van der Waals surface area contributed by atoms with Gasteiger partial charge in [-0.05, 0) is 12.0 Å². The van der Waals surface area contributed by atoms with Crippen LogP contribution in [0, 0.1) is 17.2 Å². The summed E-state index contributed by atoms with van der Waals surface area (Å²) < 4.78 is 0. The number of nitrogens with one attached hydrogen (secondary N) is 1. The van der Waals surface area contributed by atoms with Crippen molar-refractivity contribution in [2.45, 2.75) is 12.3 Å². The Morgan fingerprint density at radius 2 is 1.88 bits per heavy atom. The molecule has 2 amide bonds. The summed E-state index contributed by atoms with van der Waals surface area (Å²) in [5, 5.41) is 11.0. The lowest BCUT2D eigenvalue weighted by Gasteiger charge is -2.24. The monoisotopic (exact) mass is 214 g/mol. The van der Waals surface area contributed by atoms with Gasteiger partial charge in [-0.15, -0.1) is 0 Å². The van der Waals surface area contributed by atoms with Gasteiger partial charge in [0.25, 0.3) is 0 Å². The summed E-state index contributed by atoms with van der Waals surface area (Å²) in [5.41, 5.74) is 0.841. The molecule has 1 heterocycles. The van der Waals surface area contributed by atoms with Crippen molar-refractivity contribution in [3.8, 4) is 6.07 Å². The number of carbonyl (C=O) groups excluding carboxylic acids is 2. The lowest BCUT2D eigenvalue weighted by molar-refractivity contribution is -0.136. The zero-order valence-corrected chi connectivity index (χ0v) is 8.51. The molecule has 2 unspecified atom stereocenters. The third-order valence-electron chi connectivity index (χ3n) is 2.71. The van der Waals surface area contributed by atoms with E-state index in [0.29, 0.717) is 0 Å². The van der Waals surface area contributed by atoms with E-state index in [0.717, 1.165) is 5.56 Å². The number of piperidine rings is 1. The number of nitrogens with zero attached hydrogens (tertiary/aromatic N) is 1. The van der Waals surface area contributed by atoms with E-state index in [-0.39, 0.29) is 12.3 Å². The molecular formula is C12H10N2O2. The fourth-order valence-corrected chi connectivity index (χ4v) is 1.83. The minimum Gasteiger partial charge on any atom is -0.295 e. The zero-order valence-electron chi connectivity index (χ0n) is 8.51. The Hall–Kier alpha value is -2.15. The average molecular weight is 214 g/mol. The van der Waals surface area contributed by atoms with Crippen molar-refractivity contribution in [2.24, 2.45) is 5.92 Å². The quantitative estimate of drug-likeness (QED) is 0.708. The highest BCUT2D eigenvalue weighted by Crippen LogP contribution is 2.27. The van der Waals surface area contributed by atoms with Crippen molar-refractivity contribution >= 4 is 11.8 Å². The molecule has 0 spiro atoms. The van der Waals surface area contributed by atoms with E-state index in [4.69, 9.17) is 5.26 Å². The van der Waals surface area contributed by atoms with Gasteiger partial charge in [0.2, 0.25) is 11.8 Å². The third-order valence-corrected chi connectivity index (χ3v) is 2.71. The topological polar surface area (TPSA) is 70.0 Å². The Balaban J connectivity index is 2.26. The molecule has 2 atom stereocenters. The molecule has 0 aliphatic carbocycles. The van der Waals surface area contributed by atoms with Crippen LogP contribution in [-0.4, -0.2) is 11.8 Å². The van der Waals surface area contributed by atoms with Gasteiger partial charge in [0, 0.05) is 0 Å². The van der Waals surface area contributed by atoms with Crippen LogP contribution >= 0.6 is 0 Å². The van der Waals surface area contributed by atoms with E-state index in [9.17, 15) is 9.59 Å². The first-order chi connectivity index (χ1) is 7.72. The highest BCUT2D eigenvalue weighted by atomic mass is 16.2. The molecule has 16 heavy (non-hydrogen) atoms.